The van der Waals surface area contributed by atoms with Crippen LogP contribution in [0.2, 0.25) is 0 Å². The zero-order valence-electron chi connectivity index (χ0n) is 63.6. The number of likely N-dealkylation sites (N-methyl/N-ethyl adjacent to an activating group) is 1. The smallest absolute Gasteiger partial charge is 0.327 e. The van der Waals surface area contributed by atoms with Crippen LogP contribution in [0.25, 0.3) is 32.9 Å². The van der Waals surface area contributed by atoms with E-state index in [2.05, 4.69) is 53.4 Å². The predicted molar refractivity (Wildman–Crippen MR) is 404 cm³/mol. The Morgan fingerprint density at radius 1 is 0.631 bits per heavy atom. The molecule has 0 bridgehead atoms. The summed E-state index contributed by atoms with van der Waals surface area (Å²) in [6, 6.07) is 16.9. The number of hydrogen-bond donors (Lipinski definition) is 4. The van der Waals surface area contributed by atoms with Crippen LogP contribution in [0, 0.1) is 5.82 Å². The third-order valence-electron chi connectivity index (χ3n) is 20.1. The first-order valence-electron chi connectivity index (χ1n) is 38.2. The first-order valence-corrected chi connectivity index (χ1v) is 38.2. The minimum Gasteiger partial charge on any atom is -0.468 e. The minimum atomic E-state index is -0.684. The topological polar surface area (TPSA) is 373 Å². The van der Waals surface area contributed by atoms with Crippen molar-refractivity contribution >= 4 is 80.7 Å². The molecule has 7 amide bonds. The summed E-state index contributed by atoms with van der Waals surface area (Å²) in [7, 11) is 4.90. The van der Waals surface area contributed by atoms with Gasteiger partial charge in [0.2, 0.25) is 23.6 Å². The van der Waals surface area contributed by atoms with Crippen LogP contribution in [-0.2, 0) is 93.3 Å². The quantitative estimate of drug-likeness (QED) is 0.0305. The van der Waals surface area contributed by atoms with Crippen molar-refractivity contribution in [1.29, 1.82) is 0 Å². The number of nitrogens with one attached hydrogen (secondary N) is 3. The highest BCUT2D eigenvalue weighted by Crippen LogP contribution is 2.40. The molecule has 4 aliphatic rings. The normalized spacial score (nSPS) is 15.8. The lowest BCUT2D eigenvalue weighted by Gasteiger charge is -2.37. The van der Waals surface area contributed by atoms with E-state index in [0.29, 0.717) is 215 Å². The number of ether oxygens (including phenoxy) is 9. The molecule has 4 saturated heterocycles. The van der Waals surface area contributed by atoms with E-state index in [9.17, 15) is 33.6 Å². The molecule has 4 fully saturated rings. The number of esters is 1. The molecule has 4 aliphatic heterocycles. The molecule has 5 N–H and O–H groups in total. The Labute approximate surface area is 643 Å². The maximum atomic E-state index is 16.0. The molecule has 0 aliphatic carbocycles. The van der Waals surface area contributed by atoms with Gasteiger partial charge in [-0.25, -0.2) is 23.8 Å². The number of anilines is 3. The Kier molecular flexibility index (Phi) is 31.0. The second kappa shape index (κ2) is 42.0. The van der Waals surface area contributed by atoms with Crippen LogP contribution in [0.15, 0.2) is 73.2 Å². The van der Waals surface area contributed by atoms with Crippen LogP contribution in [0.5, 0.6) is 0 Å². The Hall–Kier alpha value is -9.88. The van der Waals surface area contributed by atoms with E-state index in [-0.39, 0.29) is 98.8 Å². The Bertz CT molecular complexity index is 4220. The van der Waals surface area contributed by atoms with Crippen molar-refractivity contribution in [3.63, 3.8) is 0 Å². The number of carbonyl (C=O) groups is 7. The minimum absolute atomic E-state index is 0.0257. The standard InChI is InChI=1S/C76H103FN18O16/c1-88-26-27-94(76(88)102)59-6-5-21-92(50-59)65-48-81-73(74(78)101)75(84-65)83-57-11-9-53(10-12-57)54-15-22-91(23-16-54)69(99)19-28-104-30-32-106-34-36-108-38-40-110-42-43-111-41-39-109-37-35-107-33-31-105-29-20-79-66(96)13-14-68(98)90-24-17-55(18-25-90)72-71-60(61-45-64-56(44-62(61)77)46-82-89(64)2)7-4-8-63(71)95(86-72)51-67(97)80-47-58-49-93(87-85-58)52-70(100)103-3/h4,7-12,44-46,48-49,54-55,59H,5-6,13-43,47,50-52H2,1-3H3,(H2,78,101)(H,79,96)(H,80,97)(H,83,84)/t59-/m1/s1. The number of nitrogens with two attached hydrogens (primary N) is 1. The number of nitrogens with zero attached hydrogens (tertiary/aromatic N) is 14. The van der Waals surface area contributed by atoms with Crippen LogP contribution in [0.4, 0.5) is 26.5 Å². The lowest BCUT2D eigenvalue weighted by atomic mass is 9.88. The van der Waals surface area contributed by atoms with Crippen molar-refractivity contribution in [2.75, 3.05) is 189 Å². The highest BCUT2D eigenvalue weighted by molar-refractivity contribution is 6.00. The highest BCUT2D eigenvalue weighted by Gasteiger charge is 2.36. The van der Waals surface area contributed by atoms with Crippen molar-refractivity contribution < 1.29 is 80.6 Å². The maximum absolute atomic E-state index is 16.0. The summed E-state index contributed by atoms with van der Waals surface area (Å²) in [5.41, 5.74) is 11.2. The fourth-order valence-electron chi connectivity index (χ4n) is 14.1. The monoisotopic (exact) mass is 1540 g/mol. The van der Waals surface area contributed by atoms with Crippen molar-refractivity contribution in [2.45, 2.75) is 95.3 Å². The van der Waals surface area contributed by atoms with Gasteiger partial charge in [-0.1, -0.05) is 29.5 Å². The van der Waals surface area contributed by atoms with Gasteiger partial charge in [-0.2, -0.15) is 10.2 Å². The van der Waals surface area contributed by atoms with Crippen molar-refractivity contribution in [3.8, 4) is 11.1 Å². The zero-order chi connectivity index (χ0) is 77.9. The second-order valence-electron chi connectivity index (χ2n) is 27.6. The van der Waals surface area contributed by atoms with E-state index >= 15 is 4.39 Å². The molecule has 0 unspecified atom stereocenters. The lowest BCUT2D eigenvalue weighted by Crippen LogP contribution is -2.49. The summed E-state index contributed by atoms with van der Waals surface area (Å²) >= 11 is 0. The molecule has 35 heteroatoms. The number of primary amides is 1. The number of piperidine rings is 3. The molecular formula is C76H103FN18O16. The number of urea groups is 1. The average Bonchev–Trinajstić information content (AvgIpc) is 1.61. The number of carbonyl (C=O) groups excluding carboxylic acids is 7. The van der Waals surface area contributed by atoms with Gasteiger partial charge in [-0.15, -0.1) is 5.10 Å². The van der Waals surface area contributed by atoms with Crippen LogP contribution in [0.1, 0.15) is 97.1 Å². The zero-order valence-corrected chi connectivity index (χ0v) is 63.6. The van der Waals surface area contributed by atoms with Gasteiger partial charge in [-0.3, -0.25) is 38.1 Å². The number of methoxy groups -OCH3 is 1. The number of aromatic nitrogens is 9. The summed E-state index contributed by atoms with van der Waals surface area (Å²) in [5, 5.41) is 27.6. The first-order chi connectivity index (χ1) is 54.1. The van der Waals surface area contributed by atoms with E-state index < -0.39 is 17.7 Å². The van der Waals surface area contributed by atoms with Crippen LogP contribution < -0.4 is 26.6 Å². The van der Waals surface area contributed by atoms with E-state index in [0.717, 1.165) is 43.4 Å². The van der Waals surface area contributed by atoms with E-state index in [4.69, 9.17) is 58.4 Å². The molecule has 600 valence electrons. The maximum Gasteiger partial charge on any atom is 0.327 e. The van der Waals surface area contributed by atoms with Crippen molar-refractivity contribution in [3.05, 3.63) is 102 Å². The molecule has 0 spiro atoms. The number of halogens is 1. The first kappa shape index (κ1) is 82.1. The number of aryl methyl sites for hydroxylation is 1. The van der Waals surface area contributed by atoms with Gasteiger partial charge in [0, 0.05) is 114 Å². The number of amides is 7. The molecule has 8 heterocycles. The number of fused-ring (bicyclic) bond motifs is 2. The van der Waals surface area contributed by atoms with Crippen LogP contribution >= 0.6 is 0 Å². The predicted octanol–water partition coefficient (Wildman–Crippen LogP) is 4.31. The fraction of sp³-hybridized carbons (Fsp3) is 0.566. The van der Waals surface area contributed by atoms with Gasteiger partial charge in [0.25, 0.3) is 5.91 Å². The molecule has 111 heavy (non-hydrogen) atoms. The summed E-state index contributed by atoms with van der Waals surface area (Å²) in [5.74, 6) is -1.22. The van der Waals surface area contributed by atoms with E-state index in [1.807, 2.05) is 47.2 Å². The Morgan fingerprint density at radius 3 is 1.87 bits per heavy atom. The van der Waals surface area contributed by atoms with Gasteiger partial charge in [0.1, 0.15) is 30.4 Å². The van der Waals surface area contributed by atoms with Gasteiger partial charge in [0.15, 0.2) is 11.5 Å². The molecular weight excluding hydrogens is 1440 g/mol. The molecule has 34 nitrogen and oxygen atoms in total. The van der Waals surface area contributed by atoms with Crippen molar-refractivity contribution in [2.24, 2.45) is 12.8 Å². The number of hydrogen-bond acceptors (Lipinski definition) is 24. The molecule has 0 saturated carbocycles. The lowest BCUT2D eigenvalue weighted by molar-refractivity contribution is -0.141. The number of likely N-dealkylation sites (tertiary alicyclic amines) is 2. The highest BCUT2D eigenvalue weighted by atomic mass is 19.1. The fourth-order valence-corrected chi connectivity index (χ4v) is 14.1. The van der Waals surface area contributed by atoms with Gasteiger partial charge in [0.05, 0.1) is 167 Å². The summed E-state index contributed by atoms with van der Waals surface area (Å²) in [6.45, 7) is 11.2. The number of rotatable bonds is 44. The van der Waals surface area contributed by atoms with Gasteiger partial charge < -0.3 is 88.8 Å². The van der Waals surface area contributed by atoms with E-state index in [1.54, 1.807) is 50.9 Å². The number of benzene rings is 3. The largest absolute Gasteiger partial charge is 0.468 e. The average molecular weight is 1540 g/mol. The molecule has 4 aromatic heterocycles. The van der Waals surface area contributed by atoms with Crippen molar-refractivity contribution in [1.82, 2.24) is 74.8 Å². The van der Waals surface area contributed by atoms with Crippen LogP contribution in [0.3, 0.4) is 0 Å². The van der Waals surface area contributed by atoms with E-state index in [1.165, 1.54) is 23.4 Å². The van der Waals surface area contributed by atoms with Crippen LogP contribution in [-0.4, -0.2) is 290 Å². The molecule has 11 rings (SSSR count). The molecule has 1 atom stereocenters. The SMILES string of the molecule is COC(=O)Cn1cc(CNC(=O)Cn2nc(C3CCN(C(=O)CCC(=O)NCCOCCOCCOCCOCCOCCOCCOCCOCCC(=O)N4CCC(c5ccc(Nc6nc(N7CCC[C@@H](N8CCN(C)C8=O)C7)cnc6C(N)=O)cc5)CC4)CC3)c3c(-c4cc5c(cnn5C)cc4F)cccc32)nn1. The Morgan fingerprint density at radius 2 is 1.25 bits per heavy atom. The third kappa shape index (κ3) is 23.6. The molecule has 0 radical (unpaired) electrons. The molecule has 3 aromatic carbocycles. The second-order valence-corrected chi connectivity index (χ2v) is 27.6. The third-order valence-corrected chi connectivity index (χ3v) is 20.1. The van der Waals surface area contributed by atoms with Gasteiger partial charge >= 0.3 is 12.0 Å². The summed E-state index contributed by atoms with van der Waals surface area (Å²) in [6.07, 6.45) is 9.72. The summed E-state index contributed by atoms with van der Waals surface area (Å²) < 4.78 is 70.2. The molecule has 7 aromatic rings. The summed E-state index contributed by atoms with van der Waals surface area (Å²) in [4.78, 5) is 108. The van der Waals surface area contributed by atoms with Gasteiger partial charge in [-0.05, 0) is 85.9 Å². The Balaban J connectivity index is 0.457.